The smallest absolute Gasteiger partial charge is 0.191 e. The van der Waals surface area contributed by atoms with Crippen molar-refractivity contribution in [3.8, 4) is 0 Å². The van der Waals surface area contributed by atoms with Gasteiger partial charge in [-0.25, -0.2) is 0 Å². The van der Waals surface area contributed by atoms with Crippen LogP contribution in [-0.4, -0.2) is 57.3 Å². The first-order valence-corrected chi connectivity index (χ1v) is 10.6. The molecule has 0 bridgehead atoms. The standard InChI is InChI=1S/C20H27ClN4OS.HI/c1-22-20(23-9-8-16-5-2-3-6-17(16)21)24-15-18(19-7-4-14-27-19)25-10-12-26-13-11-25;/h2-7,14,18H,8-13,15H2,1H3,(H2,22,23,24);1H. The lowest BCUT2D eigenvalue weighted by molar-refractivity contribution is 0.0177. The first-order chi connectivity index (χ1) is 13.3. The highest BCUT2D eigenvalue weighted by Crippen LogP contribution is 2.25. The summed E-state index contributed by atoms with van der Waals surface area (Å²) in [6.07, 6.45) is 0.859. The van der Waals surface area contributed by atoms with E-state index in [4.69, 9.17) is 16.3 Å². The summed E-state index contributed by atoms with van der Waals surface area (Å²) in [7, 11) is 1.81. The Morgan fingerprint density at radius 1 is 1.21 bits per heavy atom. The summed E-state index contributed by atoms with van der Waals surface area (Å²) in [5.74, 6) is 0.817. The molecule has 0 radical (unpaired) electrons. The van der Waals surface area contributed by atoms with Gasteiger partial charge in [0.2, 0.25) is 0 Å². The second-order valence-corrected chi connectivity index (χ2v) is 7.79. The van der Waals surface area contributed by atoms with Crippen molar-refractivity contribution in [1.29, 1.82) is 0 Å². The second kappa shape index (κ2) is 12.6. The Labute approximate surface area is 193 Å². The van der Waals surface area contributed by atoms with Crippen LogP contribution in [0.15, 0.2) is 46.8 Å². The minimum absolute atomic E-state index is 0. The fourth-order valence-electron chi connectivity index (χ4n) is 3.21. The molecule has 1 fully saturated rings. The van der Waals surface area contributed by atoms with Gasteiger partial charge in [0.05, 0.1) is 19.3 Å². The summed E-state index contributed by atoms with van der Waals surface area (Å²) in [6.45, 7) is 5.11. The van der Waals surface area contributed by atoms with Gasteiger partial charge in [0.25, 0.3) is 0 Å². The molecule has 5 nitrogen and oxygen atoms in total. The zero-order valence-electron chi connectivity index (χ0n) is 16.1. The molecule has 2 heterocycles. The van der Waals surface area contributed by atoms with Gasteiger partial charge < -0.3 is 15.4 Å². The molecule has 8 heteroatoms. The second-order valence-electron chi connectivity index (χ2n) is 6.40. The normalized spacial score (nSPS) is 16.3. The molecule has 28 heavy (non-hydrogen) atoms. The molecule has 0 aliphatic carbocycles. The number of guanidine groups is 1. The number of nitrogens with zero attached hydrogens (tertiary/aromatic N) is 2. The van der Waals surface area contributed by atoms with Gasteiger partial charge in [0, 0.05) is 43.1 Å². The maximum absolute atomic E-state index is 6.23. The first-order valence-electron chi connectivity index (χ1n) is 9.31. The van der Waals surface area contributed by atoms with E-state index < -0.39 is 0 Å². The Bertz CT molecular complexity index is 723. The van der Waals surface area contributed by atoms with Crippen LogP contribution in [0.2, 0.25) is 5.02 Å². The van der Waals surface area contributed by atoms with Gasteiger partial charge in [-0.2, -0.15) is 0 Å². The van der Waals surface area contributed by atoms with E-state index in [9.17, 15) is 0 Å². The lowest BCUT2D eigenvalue weighted by atomic mass is 10.1. The third-order valence-corrected chi connectivity index (χ3v) is 6.03. The molecule has 3 rings (SSSR count). The predicted octanol–water partition coefficient (Wildman–Crippen LogP) is 3.80. The van der Waals surface area contributed by atoms with E-state index in [2.05, 4.69) is 44.1 Å². The molecular weight excluding hydrogens is 507 g/mol. The number of hydrogen-bond donors (Lipinski definition) is 2. The lowest BCUT2D eigenvalue weighted by Gasteiger charge is -2.34. The SMILES string of the molecule is CN=C(NCCc1ccccc1Cl)NCC(c1cccs1)N1CCOCC1.I. The zero-order chi connectivity index (χ0) is 18.9. The number of ether oxygens (including phenoxy) is 1. The summed E-state index contributed by atoms with van der Waals surface area (Å²) >= 11 is 8.03. The summed E-state index contributed by atoms with van der Waals surface area (Å²) < 4.78 is 5.51. The summed E-state index contributed by atoms with van der Waals surface area (Å²) in [4.78, 5) is 8.22. The van der Waals surface area contributed by atoms with Crippen LogP contribution in [0.25, 0.3) is 0 Å². The molecular formula is C20H28ClIN4OS. The van der Waals surface area contributed by atoms with Gasteiger partial charge in [0.1, 0.15) is 0 Å². The molecule has 1 atom stereocenters. The highest BCUT2D eigenvalue weighted by molar-refractivity contribution is 14.0. The van der Waals surface area contributed by atoms with Gasteiger partial charge in [0.15, 0.2) is 5.96 Å². The van der Waals surface area contributed by atoms with Crippen molar-refractivity contribution in [3.63, 3.8) is 0 Å². The Morgan fingerprint density at radius 3 is 2.68 bits per heavy atom. The van der Waals surface area contributed by atoms with Gasteiger partial charge in [-0.3, -0.25) is 9.89 Å². The molecule has 154 valence electrons. The van der Waals surface area contributed by atoms with Gasteiger partial charge >= 0.3 is 0 Å². The minimum Gasteiger partial charge on any atom is -0.379 e. The number of thiophene rings is 1. The fraction of sp³-hybridized carbons (Fsp3) is 0.450. The van der Waals surface area contributed by atoms with E-state index in [0.717, 1.165) is 62.4 Å². The van der Waals surface area contributed by atoms with Crippen LogP contribution in [0.1, 0.15) is 16.5 Å². The minimum atomic E-state index is 0. The van der Waals surface area contributed by atoms with E-state index in [1.807, 2.05) is 18.2 Å². The average Bonchev–Trinajstić information content (AvgIpc) is 3.23. The molecule has 2 aromatic rings. The maximum atomic E-state index is 6.23. The molecule has 0 amide bonds. The number of benzene rings is 1. The highest BCUT2D eigenvalue weighted by Gasteiger charge is 2.23. The molecule has 1 saturated heterocycles. The first kappa shape index (κ1) is 23.4. The number of rotatable bonds is 7. The Hall–Kier alpha value is -0.870. The number of nitrogens with one attached hydrogen (secondary N) is 2. The van der Waals surface area contributed by atoms with Crippen molar-refractivity contribution < 1.29 is 4.74 Å². The Balaban J connectivity index is 0.00000280. The van der Waals surface area contributed by atoms with Gasteiger partial charge in [-0.15, -0.1) is 35.3 Å². The van der Waals surface area contributed by atoms with Crippen molar-refractivity contribution in [3.05, 3.63) is 57.2 Å². The van der Waals surface area contributed by atoms with Gasteiger partial charge in [-0.05, 0) is 29.5 Å². The summed E-state index contributed by atoms with van der Waals surface area (Å²) in [6, 6.07) is 12.6. The number of hydrogen-bond acceptors (Lipinski definition) is 4. The monoisotopic (exact) mass is 534 g/mol. The summed E-state index contributed by atoms with van der Waals surface area (Å²) in [5, 5.41) is 9.83. The van der Waals surface area contributed by atoms with Crippen molar-refractivity contribution in [1.82, 2.24) is 15.5 Å². The van der Waals surface area contributed by atoms with Crippen LogP contribution in [0.3, 0.4) is 0 Å². The third kappa shape index (κ3) is 6.88. The molecule has 1 aromatic heterocycles. The molecule has 2 N–H and O–H groups in total. The van der Waals surface area contributed by atoms with Crippen LogP contribution >= 0.6 is 46.9 Å². The van der Waals surface area contributed by atoms with E-state index >= 15 is 0 Å². The van der Waals surface area contributed by atoms with E-state index in [-0.39, 0.29) is 24.0 Å². The zero-order valence-corrected chi connectivity index (χ0v) is 20.0. The fourth-order valence-corrected chi connectivity index (χ4v) is 4.30. The number of morpholine rings is 1. The van der Waals surface area contributed by atoms with E-state index in [1.54, 1.807) is 18.4 Å². The number of aliphatic imine (C=N–C) groups is 1. The largest absolute Gasteiger partial charge is 0.379 e. The average molecular weight is 535 g/mol. The van der Waals surface area contributed by atoms with Crippen molar-refractivity contribution >= 4 is 52.9 Å². The Morgan fingerprint density at radius 2 is 2.00 bits per heavy atom. The lowest BCUT2D eigenvalue weighted by Crippen LogP contribution is -2.46. The molecule has 0 spiro atoms. The predicted molar refractivity (Wildman–Crippen MR) is 129 cm³/mol. The van der Waals surface area contributed by atoms with Gasteiger partial charge in [-0.1, -0.05) is 35.9 Å². The van der Waals surface area contributed by atoms with Crippen LogP contribution in [0.4, 0.5) is 0 Å². The molecule has 1 aliphatic rings. The highest BCUT2D eigenvalue weighted by atomic mass is 127. The Kier molecular flexibility index (Phi) is 10.6. The van der Waals surface area contributed by atoms with Crippen LogP contribution in [0, 0.1) is 0 Å². The number of halogens is 2. The van der Waals surface area contributed by atoms with Crippen LogP contribution in [0.5, 0.6) is 0 Å². The third-order valence-electron chi connectivity index (χ3n) is 4.69. The molecule has 1 unspecified atom stereocenters. The molecule has 1 aromatic carbocycles. The van der Waals surface area contributed by atoms with E-state index in [0.29, 0.717) is 6.04 Å². The van der Waals surface area contributed by atoms with Crippen LogP contribution in [-0.2, 0) is 11.2 Å². The van der Waals surface area contributed by atoms with Crippen molar-refractivity contribution in [2.45, 2.75) is 12.5 Å². The topological polar surface area (TPSA) is 48.9 Å². The van der Waals surface area contributed by atoms with E-state index in [1.165, 1.54) is 4.88 Å². The molecule has 0 saturated carbocycles. The van der Waals surface area contributed by atoms with Crippen LogP contribution < -0.4 is 10.6 Å². The van der Waals surface area contributed by atoms with Crippen molar-refractivity contribution in [2.24, 2.45) is 4.99 Å². The maximum Gasteiger partial charge on any atom is 0.191 e. The summed E-state index contributed by atoms with van der Waals surface area (Å²) in [5.41, 5.74) is 1.15. The quantitative estimate of drug-likeness (QED) is 0.322. The van der Waals surface area contributed by atoms with Crippen molar-refractivity contribution in [2.75, 3.05) is 46.4 Å². The molecule has 1 aliphatic heterocycles.